The minimum absolute atomic E-state index is 0.0370. The van der Waals surface area contributed by atoms with Gasteiger partial charge in [0, 0.05) is 56.0 Å². The van der Waals surface area contributed by atoms with Crippen molar-refractivity contribution >= 4 is 23.7 Å². The summed E-state index contributed by atoms with van der Waals surface area (Å²) in [6.07, 6.45) is -13.6. The van der Waals surface area contributed by atoms with Crippen LogP contribution in [0.25, 0.3) is 0 Å². The van der Waals surface area contributed by atoms with Crippen molar-refractivity contribution in [1.82, 2.24) is 4.90 Å². The molecule has 0 amide bonds. The van der Waals surface area contributed by atoms with Gasteiger partial charge in [-0.3, -0.25) is 19.2 Å². The number of ether oxygens (including phenoxy) is 9. The van der Waals surface area contributed by atoms with Gasteiger partial charge in [-0.1, -0.05) is 34.6 Å². The minimum Gasteiger partial charge on any atom is -0.459 e. The van der Waals surface area contributed by atoms with E-state index in [4.69, 9.17) is 48.4 Å². The van der Waals surface area contributed by atoms with Gasteiger partial charge in [0.05, 0.1) is 48.1 Å². The summed E-state index contributed by atoms with van der Waals surface area (Å²) in [6, 6.07) is -1.13. The van der Waals surface area contributed by atoms with Gasteiger partial charge in [-0.25, -0.2) is 0 Å². The van der Waals surface area contributed by atoms with Crippen LogP contribution in [0.15, 0.2) is 0 Å². The molecule has 0 radical (unpaired) electrons. The van der Waals surface area contributed by atoms with E-state index in [-0.39, 0.29) is 38.2 Å². The Balaban J connectivity index is 1.87. The average molecular weight is 947 g/mol. The molecule has 4 heterocycles. The molecule has 4 rings (SSSR count). The normalized spacial score (nSPS) is 46.8. The maximum Gasteiger partial charge on any atom is 0.311 e. The van der Waals surface area contributed by atoms with Crippen LogP contribution >= 0.6 is 0 Å². The number of carbonyl (C=O) groups excluding carboxylic acids is 4. The molecular formula is C47H82N2O17. The fourth-order valence-corrected chi connectivity index (χ4v) is 10.7. The van der Waals surface area contributed by atoms with E-state index in [0.29, 0.717) is 6.42 Å². The average Bonchev–Trinajstić information content (AvgIpc) is 3.21. The first kappa shape index (κ1) is 56.2. The number of carbonyl (C=O) groups is 4. The number of cyclic esters (lactones) is 1. The number of rotatable bonds is 11. The van der Waals surface area contributed by atoms with Crippen molar-refractivity contribution < 1.29 is 82.2 Å². The maximum atomic E-state index is 14.7. The second kappa shape index (κ2) is 22.6. The molecule has 22 atom stereocenters. The summed E-state index contributed by atoms with van der Waals surface area (Å²) < 4.78 is 56.3. The van der Waals surface area contributed by atoms with E-state index in [0.717, 1.165) is 0 Å². The summed E-state index contributed by atoms with van der Waals surface area (Å²) in [5, 5.41) is 47.6. The van der Waals surface area contributed by atoms with Crippen molar-refractivity contribution in [3.05, 3.63) is 0 Å². The number of hydrogen-bond acceptors (Lipinski definition) is 19. The van der Waals surface area contributed by atoms with Crippen LogP contribution in [0.4, 0.5) is 0 Å². The summed E-state index contributed by atoms with van der Waals surface area (Å²) in [5.41, 5.74) is 0.852. The molecule has 0 unspecified atom stereocenters. The Morgan fingerprint density at radius 1 is 0.803 bits per heavy atom. The molecule has 66 heavy (non-hydrogen) atoms. The summed E-state index contributed by atoms with van der Waals surface area (Å²) in [5.74, 6) is -6.57. The van der Waals surface area contributed by atoms with E-state index in [1.54, 1.807) is 62.3 Å². The molecule has 0 saturated carbocycles. The SMILES string of the molecule is CCC(=O)O[C@H]1[C@H](C)O[C@@H](O[C@H]2[C@H](C)[C@@H](O[C@@H]3O[C@H](C)C[C@H](N(C)C)[C@H]3O)[C@](C)(O)C[C@@H](C)C(=O)[C@H](C)[C@@H](O[C@H]3C[C@@H](N)[C@@H](O)[C@@H](C)O3)[C@](C)(O)[C@@H](CC)OC(=O)[C@@H]2C)C[C@@]1(C)OC(C)=O. The third kappa shape index (κ3) is 12.9. The number of nitrogens with two attached hydrogens (primary N) is 1. The Bertz CT molecular complexity index is 1640. The van der Waals surface area contributed by atoms with E-state index < -0.39 is 150 Å². The fraction of sp³-hybridized carbons (Fsp3) is 0.915. The van der Waals surface area contributed by atoms with Crippen LogP contribution in [0.5, 0.6) is 0 Å². The lowest BCUT2D eigenvalue weighted by atomic mass is 9.74. The Morgan fingerprint density at radius 2 is 1.42 bits per heavy atom. The van der Waals surface area contributed by atoms with Gasteiger partial charge in [0.15, 0.2) is 30.6 Å². The summed E-state index contributed by atoms with van der Waals surface area (Å²) in [7, 11) is 3.65. The second-order valence-electron chi connectivity index (χ2n) is 20.5. The molecule has 4 aliphatic heterocycles. The summed E-state index contributed by atoms with van der Waals surface area (Å²) >= 11 is 0. The zero-order valence-corrected chi connectivity index (χ0v) is 41.8. The second-order valence-corrected chi connectivity index (χ2v) is 20.5. The van der Waals surface area contributed by atoms with Crippen LogP contribution in [0.1, 0.15) is 129 Å². The first-order chi connectivity index (χ1) is 30.5. The van der Waals surface area contributed by atoms with E-state index in [2.05, 4.69) is 0 Å². The van der Waals surface area contributed by atoms with Crippen molar-refractivity contribution in [2.24, 2.45) is 29.4 Å². The molecule has 0 aliphatic carbocycles. The van der Waals surface area contributed by atoms with E-state index in [9.17, 15) is 39.6 Å². The number of aliphatic hydroxyl groups is 4. The molecule has 0 aromatic rings. The van der Waals surface area contributed by atoms with Crippen LogP contribution < -0.4 is 5.73 Å². The van der Waals surface area contributed by atoms with Crippen molar-refractivity contribution in [3.8, 4) is 0 Å². The Kier molecular flexibility index (Phi) is 19.2. The van der Waals surface area contributed by atoms with E-state index in [1.807, 2.05) is 25.9 Å². The smallest absolute Gasteiger partial charge is 0.311 e. The highest BCUT2D eigenvalue weighted by Crippen LogP contribution is 2.42. The van der Waals surface area contributed by atoms with Crippen LogP contribution in [0, 0.1) is 23.7 Å². The largest absolute Gasteiger partial charge is 0.459 e. The van der Waals surface area contributed by atoms with Crippen molar-refractivity contribution in [3.63, 3.8) is 0 Å². The van der Waals surface area contributed by atoms with Crippen molar-refractivity contribution in [2.75, 3.05) is 14.1 Å². The predicted molar refractivity (Wildman–Crippen MR) is 237 cm³/mol. The van der Waals surface area contributed by atoms with Crippen molar-refractivity contribution in [1.29, 1.82) is 0 Å². The zero-order valence-electron chi connectivity index (χ0n) is 41.8. The topological polar surface area (TPSA) is 262 Å². The quantitative estimate of drug-likeness (QED) is 0.147. The van der Waals surface area contributed by atoms with E-state index >= 15 is 0 Å². The molecule has 19 nitrogen and oxygen atoms in total. The molecule has 19 heteroatoms. The van der Waals surface area contributed by atoms with Gasteiger partial charge in [-0.05, 0) is 81.8 Å². The zero-order chi connectivity index (χ0) is 50.0. The molecule has 4 saturated heterocycles. The number of nitrogens with zero attached hydrogens (tertiary/aromatic N) is 1. The molecule has 6 N–H and O–H groups in total. The van der Waals surface area contributed by atoms with Crippen LogP contribution in [-0.4, -0.2) is 172 Å². The van der Waals surface area contributed by atoms with Crippen LogP contribution in [0.2, 0.25) is 0 Å². The number of likely N-dealkylation sites (N-methyl/N-ethyl adjacent to an activating group) is 1. The van der Waals surface area contributed by atoms with Gasteiger partial charge in [-0.2, -0.15) is 0 Å². The monoisotopic (exact) mass is 947 g/mol. The number of hydrogen-bond donors (Lipinski definition) is 5. The Morgan fingerprint density at radius 3 is 1.98 bits per heavy atom. The number of Topliss-reactive ketones (excluding diaryl/α,β-unsaturated/α-hetero) is 1. The maximum absolute atomic E-state index is 14.7. The molecule has 0 aromatic heterocycles. The molecule has 4 aliphatic rings. The third-order valence-corrected chi connectivity index (χ3v) is 14.2. The first-order valence-corrected chi connectivity index (χ1v) is 23.8. The van der Waals surface area contributed by atoms with Gasteiger partial charge in [-0.15, -0.1) is 0 Å². The molecule has 382 valence electrons. The summed E-state index contributed by atoms with van der Waals surface area (Å²) in [6.45, 7) is 20.7. The van der Waals surface area contributed by atoms with Gasteiger partial charge in [0.2, 0.25) is 0 Å². The number of esters is 3. The molecule has 4 fully saturated rings. The van der Waals surface area contributed by atoms with E-state index in [1.165, 1.54) is 20.8 Å². The highest BCUT2D eigenvalue weighted by Gasteiger charge is 2.56. The highest BCUT2D eigenvalue weighted by molar-refractivity contribution is 5.83. The molecule has 0 bridgehead atoms. The van der Waals surface area contributed by atoms with Crippen LogP contribution in [-0.2, 0) is 61.8 Å². The lowest BCUT2D eigenvalue weighted by molar-refractivity contribution is -0.318. The number of ketones is 1. The fourth-order valence-electron chi connectivity index (χ4n) is 10.7. The molecule has 0 spiro atoms. The minimum atomic E-state index is -2.03. The van der Waals surface area contributed by atoms with Gasteiger partial charge in [0.25, 0.3) is 0 Å². The van der Waals surface area contributed by atoms with Gasteiger partial charge < -0.3 is 73.7 Å². The Hall–Kier alpha value is -2.40. The van der Waals surface area contributed by atoms with Gasteiger partial charge in [0.1, 0.15) is 29.7 Å². The standard InChI is InChI=1S/C47H82N2O17/c1-16-32-47(13,57)41(64-34-19-30(48)37(53)27(8)59-34)24(5)36(52)22(3)20-45(11,56)40(65-44-38(54)31(49(14)15)18-23(4)58-44)25(6)39(26(7)43(55)61-32)63-35-21-46(12,66-29(10)50)42(28(9)60-35)62-33(51)17-2/h22-28,30-32,34-35,37-42,44,53-54,56-57H,16-21,48H2,1-15H3/t22-,23-,24+,25+,26-,27-,28+,30-,31+,32-,34+,35+,37+,38-,39+,40-,41-,42+,44+,45-,46-,47-/m1/s1. The molecule has 0 aromatic carbocycles. The highest BCUT2D eigenvalue weighted by atomic mass is 16.7. The predicted octanol–water partition coefficient (Wildman–Crippen LogP) is 2.51. The summed E-state index contributed by atoms with van der Waals surface area (Å²) in [4.78, 5) is 56.4. The van der Waals surface area contributed by atoms with Gasteiger partial charge >= 0.3 is 17.9 Å². The number of aliphatic hydroxyl groups excluding tert-OH is 2. The van der Waals surface area contributed by atoms with Crippen molar-refractivity contribution in [2.45, 2.75) is 237 Å². The first-order valence-electron chi connectivity index (χ1n) is 23.8. The van der Waals surface area contributed by atoms with Crippen LogP contribution in [0.3, 0.4) is 0 Å². The third-order valence-electron chi connectivity index (χ3n) is 14.2. The Labute approximate surface area is 390 Å². The lowest BCUT2D eigenvalue weighted by Gasteiger charge is -2.49. The molecular weight excluding hydrogens is 865 g/mol. The lowest BCUT2D eigenvalue weighted by Crippen LogP contribution is -2.62.